The van der Waals surface area contributed by atoms with Crippen LogP contribution in [0.25, 0.3) is 0 Å². The molecular formula is C15H22ClN3O. The van der Waals surface area contributed by atoms with Crippen molar-refractivity contribution in [3.8, 4) is 0 Å². The highest BCUT2D eigenvalue weighted by molar-refractivity contribution is 6.31. The maximum absolute atomic E-state index is 11.6. The Kier molecular flexibility index (Phi) is 5.26. The predicted molar refractivity (Wildman–Crippen MR) is 83.0 cm³/mol. The largest absolute Gasteiger partial charge is 0.368 e. The molecule has 2 rings (SSSR count). The van der Waals surface area contributed by atoms with Crippen LogP contribution in [0.3, 0.4) is 0 Å². The Balaban J connectivity index is 2.26. The molecule has 1 amide bonds. The number of nitrogens with two attached hydrogens (primary N) is 1. The lowest BCUT2D eigenvalue weighted by molar-refractivity contribution is -0.119. The molecule has 5 heteroatoms. The Morgan fingerprint density at radius 2 is 2.35 bits per heavy atom. The van der Waals surface area contributed by atoms with Crippen molar-refractivity contribution >= 4 is 23.2 Å². The zero-order chi connectivity index (χ0) is 14.5. The van der Waals surface area contributed by atoms with Crippen molar-refractivity contribution in [1.29, 1.82) is 0 Å². The van der Waals surface area contributed by atoms with E-state index in [1.807, 2.05) is 18.2 Å². The summed E-state index contributed by atoms with van der Waals surface area (Å²) in [5.41, 5.74) is 7.59. The van der Waals surface area contributed by atoms with Gasteiger partial charge in [-0.3, -0.25) is 4.79 Å². The van der Waals surface area contributed by atoms with E-state index in [1.165, 1.54) is 0 Å². The van der Waals surface area contributed by atoms with E-state index in [9.17, 15) is 4.79 Å². The molecule has 1 unspecified atom stereocenters. The standard InChI is InChI=1S/C15H22ClN3O/c1-2-8-18-10-11-12(16)5-3-6-13(11)19-9-4-7-14(19)15(17)20/h3,5-6,14,18H,2,4,7-10H2,1H3,(H2,17,20). The van der Waals surface area contributed by atoms with Gasteiger partial charge in [0.1, 0.15) is 6.04 Å². The van der Waals surface area contributed by atoms with E-state index < -0.39 is 0 Å². The molecule has 1 aliphatic rings. The first-order chi connectivity index (χ1) is 9.65. The number of rotatable bonds is 6. The molecule has 1 aliphatic heterocycles. The molecule has 1 atom stereocenters. The van der Waals surface area contributed by atoms with E-state index in [-0.39, 0.29) is 11.9 Å². The summed E-state index contributed by atoms with van der Waals surface area (Å²) < 4.78 is 0. The zero-order valence-electron chi connectivity index (χ0n) is 11.9. The van der Waals surface area contributed by atoms with Gasteiger partial charge in [0.15, 0.2) is 0 Å². The van der Waals surface area contributed by atoms with Crippen molar-refractivity contribution in [2.24, 2.45) is 5.73 Å². The Labute approximate surface area is 125 Å². The highest BCUT2D eigenvalue weighted by Crippen LogP contribution is 2.32. The smallest absolute Gasteiger partial charge is 0.240 e. The third-order valence-corrected chi connectivity index (χ3v) is 4.07. The first kappa shape index (κ1) is 15.1. The maximum Gasteiger partial charge on any atom is 0.240 e. The van der Waals surface area contributed by atoms with Crippen LogP contribution in [0.2, 0.25) is 5.02 Å². The van der Waals surface area contributed by atoms with Crippen molar-refractivity contribution in [3.63, 3.8) is 0 Å². The first-order valence-electron chi connectivity index (χ1n) is 7.19. The first-order valence-corrected chi connectivity index (χ1v) is 7.57. The highest BCUT2D eigenvalue weighted by Gasteiger charge is 2.30. The van der Waals surface area contributed by atoms with Gasteiger partial charge in [-0.25, -0.2) is 0 Å². The van der Waals surface area contributed by atoms with Crippen LogP contribution in [-0.2, 0) is 11.3 Å². The van der Waals surface area contributed by atoms with E-state index in [0.717, 1.165) is 48.6 Å². The SMILES string of the molecule is CCCNCc1c(Cl)cccc1N1CCCC1C(N)=O. The number of halogens is 1. The van der Waals surface area contributed by atoms with Crippen molar-refractivity contribution in [3.05, 3.63) is 28.8 Å². The number of nitrogens with one attached hydrogen (secondary N) is 1. The van der Waals surface area contributed by atoms with Crippen molar-refractivity contribution < 1.29 is 4.79 Å². The number of anilines is 1. The summed E-state index contributed by atoms with van der Waals surface area (Å²) in [7, 11) is 0. The van der Waals surface area contributed by atoms with Gasteiger partial charge in [-0.05, 0) is 37.9 Å². The number of carbonyl (C=O) groups excluding carboxylic acids is 1. The van der Waals surface area contributed by atoms with Crippen LogP contribution in [0.5, 0.6) is 0 Å². The Hall–Kier alpha value is -1.26. The van der Waals surface area contributed by atoms with Gasteiger partial charge in [0, 0.05) is 29.4 Å². The number of nitrogens with zero attached hydrogens (tertiary/aromatic N) is 1. The average Bonchev–Trinajstić information content (AvgIpc) is 2.90. The number of primary amides is 1. The molecule has 1 saturated heterocycles. The molecule has 1 aromatic carbocycles. The number of carbonyl (C=O) groups is 1. The van der Waals surface area contributed by atoms with Crippen molar-refractivity contribution in [2.45, 2.75) is 38.8 Å². The topological polar surface area (TPSA) is 58.4 Å². The van der Waals surface area contributed by atoms with Gasteiger partial charge in [-0.15, -0.1) is 0 Å². The lowest BCUT2D eigenvalue weighted by Crippen LogP contribution is -2.41. The number of hydrogen-bond donors (Lipinski definition) is 2. The molecule has 20 heavy (non-hydrogen) atoms. The zero-order valence-corrected chi connectivity index (χ0v) is 12.6. The molecule has 1 fully saturated rings. The molecule has 0 radical (unpaired) electrons. The fourth-order valence-electron chi connectivity index (χ4n) is 2.73. The number of hydrogen-bond acceptors (Lipinski definition) is 3. The molecule has 1 aromatic rings. The summed E-state index contributed by atoms with van der Waals surface area (Å²) in [5.74, 6) is -0.255. The normalized spacial score (nSPS) is 18.5. The maximum atomic E-state index is 11.6. The third kappa shape index (κ3) is 3.25. The second kappa shape index (κ2) is 6.95. The molecular weight excluding hydrogens is 274 g/mol. The Morgan fingerprint density at radius 1 is 1.55 bits per heavy atom. The fraction of sp³-hybridized carbons (Fsp3) is 0.533. The number of benzene rings is 1. The molecule has 0 saturated carbocycles. The molecule has 0 spiro atoms. The Morgan fingerprint density at radius 3 is 3.05 bits per heavy atom. The van der Waals surface area contributed by atoms with E-state index >= 15 is 0 Å². The molecule has 0 aromatic heterocycles. The average molecular weight is 296 g/mol. The quantitative estimate of drug-likeness (QED) is 0.792. The van der Waals surface area contributed by atoms with Gasteiger partial charge < -0.3 is 16.0 Å². The van der Waals surface area contributed by atoms with Gasteiger partial charge in [-0.2, -0.15) is 0 Å². The lowest BCUT2D eigenvalue weighted by atomic mass is 10.1. The second-order valence-electron chi connectivity index (χ2n) is 5.17. The molecule has 1 heterocycles. The minimum Gasteiger partial charge on any atom is -0.368 e. The molecule has 4 nitrogen and oxygen atoms in total. The number of amides is 1. The van der Waals surface area contributed by atoms with Gasteiger partial charge >= 0.3 is 0 Å². The van der Waals surface area contributed by atoms with Crippen LogP contribution in [0.4, 0.5) is 5.69 Å². The molecule has 0 bridgehead atoms. The van der Waals surface area contributed by atoms with Crippen LogP contribution < -0.4 is 16.0 Å². The van der Waals surface area contributed by atoms with E-state index in [0.29, 0.717) is 6.54 Å². The summed E-state index contributed by atoms with van der Waals surface area (Å²) >= 11 is 6.33. The van der Waals surface area contributed by atoms with Crippen LogP contribution in [0.15, 0.2) is 18.2 Å². The van der Waals surface area contributed by atoms with E-state index in [1.54, 1.807) is 0 Å². The van der Waals surface area contributed by atoms with Gasteiger partial charge in [0.25, 0.3) is 0 Å². The van der Waals surface area contributed by atoms with Gasteiger partial charge in [-0.1, -0.05) is 24.6 Å². The van der Waals surface area contributed by atoms with Crippen LogP contribution in [0.1, 0.15) is 31.7 Å². The Bertz CT molecular complexity index is 478. The van der Waals surface area contributed by atoms with Crippen molar-refractivity contribution in [1.82, 2.24) is 5.32 Å². The molecule has 0 aliphatic carbocycles. The summed E-state index contributed by atoms with van der Waals surface area (Å²) in [6.07, 6.45) is 2.89. The van der Waals surface area contributed by atoms with Crippen LogP contribution in [-0.4, -0.2) is 25.0 Å². The third-order valence-electron chi connectivity index (χ3n) is 3.71. The van der Waals surface area contributed by atoms with E-state index in [2.05, 4.69) is 17.1 Å². The summed E-state index contributed by atoms with van der Waals surface area (Å²) in [6, 6.07) is 5.63. The van der Waals surface area contributed by atoms with Gasteiger partial charge in [0.2, 0.25) is 5.91 Å². The minimum atomic E-state index is -0.255. The monoisotopic (exact) mass is 295 g/mol. The molecule has 110 valence electrons. The summed E-state index contributed by atoms with van der Waals surface area (Å²) in [5, 5.41) is 4.11. The highest BCUT2D eigenvalue weighted by atomic mass is 35.5. The van der Waals surface area contributed by atoms with Crippen LogP contribution >= 0.6 is 11.6 Å². The predicted octanol–water partition coefficient (Wildman–Crippen LogP) is 2.29. The minimum absolute atomic E-state index is 0.210. The van der Waals surface area contributed by atoms with E-state index in [4.69, 9.17) is 17.3 Å². The van der Waals surface area contributed by atoms with Crippen molar-refractivity contribution in [2.75, 3.05) is 18.0 Å². The van der Waals surface area contributed by atoms with Crippen LogP contribution in [0, 0.1) is 0 Å². The summed E-state index contributed by atoms with van der Waals surface area (Å²) in [4.78, 5) is 13.7. The summed E-state index contributed by atoms with van der Waals surface area (Å²) in [6.45, 7) is 4.65. The second-order valence-corrected chi connectivity index (χ2v) is 5.58. The molecule has 3 N–H and O–H groups in total. The fourth-order valence-corrected chi connectivity index (χ4v) is 2.97. The lowest BCUT2D eigenvalue weighted by Gasteiger charge is -2.27. The van der Waals surface area contributed by atoms with Gasteiger partial charge in [0.05, 0.1) is 0 Å².